The van der Waals surface area contributed by atoms with Crippen LogP contribution in [0.25, 0.3) is 0 Å². The van der Waals surface area contributed by atoms with Crippen LogP contribution in [0.4, 0.5) is 4.39 Å². The predicted octanol–water partition coefficient (Wildman–Crippen LogP) is 1.92. The lowest BCUT2D eigenvalue weighted by Gasteiger charge is -2.31. The molecule has 0 radical (unpaired) electrons. The molecule has 0 saturated carbocycles. The molecule has 0 spiro atoms. The highest BCUT2D eigenvalue weighted by Gasteiger charge is 2.30. The molecule has 106 valence electrons. The molecule has 0 aliphatic carbocycles. The summed E-state index contributed by atoms with van der Waals surface area (Å²) in [6.07, 6.45) is 1.92. The number of aliphatic hydroxyl groups is 1. The fraction of sp³-hybridized carbons (Fsp3) is 0.600. The third kappa shape index (κ3) is 3.53. The normalized spacial score (nSPS) is 23.5. The van der Waals surface area contributed by atoms with Gasteiger partial charge < -0.3 is 10.8 Å². The summed E-state index contributed by atoms with van der Waals surface area (Å²) in [5, 5.41) is 9.02. The molecule has 19 heavy (non-hydrogen) atoms. The van der Waals surface area contributed by atoms with Crippen molar-refractivity contribution in [3.8, 4) is 0 Å². The topological polar surface area (TPSA) is 49.5 Å². The second-order valence-electron chi connectivity index (χ2n) is 5.52. The van der Waals surface area contributed by atoms with Gasteiger partial charge in [0.2, 0.25) is 0 Å². The first kappa shape index (κ1) is 14.4. The van der Waals surface area contributed by atoms with E-state index in [2.05, 4.69) is 4.90 Å². The Hall–Kier alpha value is -0.970. The minimum Gasteiger partial charge on any atom is -0.396 e. The Morgan fingerprint density at radius 2 is 2.32 bits per heavy atom. The zero-order valence-corrected chi connectivity index (χ0v) is 11.4. The Morgan fingerprint density at radius 1 is 1.53 bits per heavy atom. The number of nitrogens with two attached hydrogens (primary N) is 1. The van der Waals surface area contributed by atoms with Crippen LogP contribution in [0.1, 0.15) is 31.4 Å². The fourth-order valence-electron chi connectivity index (χ4n) is 3.07. The van der Waals surface area contributed by atoms with E-state index in [0.29, 0.717) is 5.92 Å². The van der Waals surface area contributed by atoms with E-state index in [-0.39, 0.29) is 24.5 Å². The van der Waals surface area contributed by atoms with E-state index >= 15 is 0 Å². The first-order valence-corrected chi connectivity index (χ1v) is 6.97. The fourth-order valence-corrected chi connectivity index (χ4v) is 3.07. The molecule has 4 heteroatoms. The van der Waals surface area contributed by atoms with Gasteiger partial charge in [-0.15, -0.1) is 0 Å². The van der Waals surface area contributed by atoms with Crippen LogP contribution >= 0.6 is 0 Å². The SMILES string of the molecule is CC(N)C(c1cccc(F)c1)N1CCC(CCO)C1. The lowest BCUT2D eigenvalue weighted by molar-refractivity contribution is 0.201. The van der Waals surface area contributed by atoms with Crippen molar-refractivity contribution in [3.05, 3.63) is 35.6 Å². The van der Waals surface area contributed by atoms with Crippen LogP contribution in [-0.2, 0) is 0 Å². The van der Waals surface area contributed by atoms with E-state index in [9.17, 15) is 4.39 Å². The molecule has 2 rings (SSSR count). The van der Waals surface area contributed by atoms with Gasteiger partial charge in [-0.3, -0.25) is 4.90 Å². The van der Waals surface area contributed by atoms with Gasteiger partial charge in [0, 0.05) is 25.2 Å². The molecule has 0 amide bonds. The first-order valence-electron chi connectivity index (χ1n) is 6.97. The smallest absolute Gasteiger partial charge is 0.123 e. The van der Waals surface area contributed by atoms with E-state index in [1.807, 2.05) is 13.0 Å². The van der Waals surface area contributed by atoms with E-state index in [4.69, 9.17) is 10.8 Å². The van der Waals surface area contributed by atoms with Crippen LogP contribution < -0.4 is 5.73 Å². The first-order chi connectivity index (χ1) is 9.11. The van der Waals surface area contributed by atoms with Crippen molar-refractivity contribution in [2.75, 3.05) is 19.7 Å². The summed E-state index contributed by atoms with van der Waals surface area (Å²) < 4.78 is 13.4. The minimum atomic E-state index is -0.214. The lowest BCUT2D eigenvalue weighted by Crippen LogP contribution is -2.38. The molecule has 3 unspecified atom stereocenters. The molecule has 3 N–H and O–H groups in total. The number of benzene rings is 1. The lowest BCUT2D eigenvalue weighted by atomic mass is 9.99. The van der Waals surface area contributed by atoms with Crippen LogP contribution in [0, 0.1) is 11.7 Å². The molecule has 1 heterocycles. The molecule has 1 aromatic rings. The van der Waals surface area contributed by atoms with Crippen molar-refractivity contribution in [1.29, 1.82) is 0 Å². The molecular weight excluding hydrogens is 243 g/mol. The van der Waals surface area contributed by atoms with Gasteiger partial charge >= 0.3 is 0 Å². The molecule has 1 saturated heterocycles. The van der Waals surface area contributed by atoms with Gasteiger partial charge in [-0.25, -0.2) is 4.39 Å². The molecule has 3 nitrogen and oxygen atoms in total. The number of nitrogens with zero attached hydrogens (tertiary/aromatic N) is 1. The average Bonchev–Trinajstić information content (AvgIpc) is 2.78. The Balaban J connectivity index is 2.13. The molecule has 1 aliphatic rings. The zero-order chi connectivity index (χ0) is 13.8. The maximum absolute atomic E-state index is 13.4. The maximum Gasteiger partial charge on any atom is 0.123 e. The Bertz CT molecular complexity index is 411. The average molecular weight is 266 g/mol. The molecular formula is C15H23FN2O. The van der Waals surface area contributed by atoms with Crippen molar-refractivity contribution in [3.63, 3.8) is 0 Å². The van der Waals surface area contributed by atoms with Crippen molar-refractivity contribution >= 4 is 0 Å². The maximum atomic E-state index is 13.4. The Morgan fingerprint density at radius 3 is 2.95 bits per heavy atom. The second-order valence-corrected chi connectivity index (χ2v) is 5.52. The largest absolute Gasteiger partial charge is 0.396 e. The van der Waals surface area contributed by atoms with Crippen molar-refractivity contribution in [2.24, 2.45) is 11.7 Å². The standard InChI is InChI=1S/C15H23FN2O/c1-11(17)15(13-3-2-4-14(16)9-13)18-7-5-12(10-18)6-8-19/h2-4,9,11-12,15,19H,5-8,10,17H2,1H3. The number of hydrogen-bond donors (Lipinski definition) is 2. The van der Waals surface area contributed by atoms with Gasteiger partial charge in [-0.2, -0.15) is 0 Å². The number of halogens is 1. The summed E-state index contributed by atoms with van der Waals surface area (Å²) in [4.78, 5) is 2.32. The Labute approximate surface area is 114 Å². The number of aliphatic hydroxyl groups excluding tert-OH is 1. The highest BCUT2D eigenvalue weighted by Crippen LogP contribution is 2.31. The summed E-state index contributed by atoms with van der Waals surface area (Å²) >= 11 is 0. The van der Waals surface area contributed by atoms with E-state index in [0.717, 1.165) is 31.5 Å². The summed E-state index contributed by atoms with van der Waals surface area (Å²) in [7, 11) is 0. The van der Waals surface area contributed by atoms with Gasteiger partial charge in [0.25, 0.3) is 0 Å². The number of likely N-dealkylation sites (tertiary alicyclic amines) is 1. The summed E-state index contributed by atoms with van der Waals surface area (Å²) in [5.41, 5.74) is 7.05. The number of hydrogen-bond acceptors (Lipinski definition) is 3. The molecule has 0 bridgehead atoms. The molecule has 1 fully saturated rings. The van der Waals surface area contributed by atoms with Gasteiger partial charge in [0.1, 0.15) is 5.82 Å². The minimum absolute atomic E-state index is 0.0466. The van der Waals surface area contributed by atoms with Crippen LogP contribution in [0.2, 0.25) is 0 Å². The summed E-state index contributed by atoms with van der Waals surface area (Å²) in [6, 6.07) is 6.72. The van der Waals surface area contributed by atoms with E-state index in [1.54, 1.807) is 12.1 Å². The van der Waals surface area contributed by atoms with Gasteiger partial charge in [-0.05, 0) is 49.9 Å². The summed E-state index contributed by atoms with van der Waals surface area (Å²) in [6.45, 7) is 4.10. The number of rotatable bonds is 5. The molecule has 1 aliphatic heterocycles. The van der Waals surface area contributed by atoms with Crippen LogP contribution in [0.3, 0.4) is 0 Å². The van der Waals surface area contributed by atoms with Crippen molar-refractivity contribution < 1.29 is 9.50 Å². The Kier molecular flexibility index (Phi) is 4.91. The third-order valence-corrected chi connectivity index (χ3v) is 3.94. The highest BCUT2D eigenvalue weighted by molar-refractivity contribution is 5.22. The monoisotopic (exact) mass is 266 g/mol. The van der Waals surface area contributed by atoms with Crippen LogP contribution in [0.5, 0.6) is 0 Å². The van der Waals surface area contributed by atoms with Crippen molar-refractivity contribution in [2.45, 2.75) is 31.8 Å². The van der Waals surface area contributed by atoms with Gasteiger partial charge in [-0.1, -0.05) is 12.1 Å². The highest BCUT2D eigenvalue weighted by atomic mass is 19.1. The quantitative estimate of drug-likeness (QED) is 0.856. The summed E-state index contributed by atoms with van der Waals surface area (Å²) in [5.74, 6) is 0.314. The molecule has 0 aromatic heterocycles. The van der Waals surface area contributed by atoms with Crippen LogP contribution in [-0.4, -0.2) is 35.7 Å². The van der Waals surface area contributed by atoms with Crippen molar-refractivity contribution in [1.82, 2.24) is 4.90 Å². The second kappa shape index (κ2) is 6.46. The zero-order valence-electron chi connectivity index (χ0n) is 11.4. The van der Waals surface area contributed by atoms with Crippen LogP contribution in [0.15, 0.2) is 24.3 Å². The molecule has 1 aromatic carbocycles. The molecule has 3 atom stereocenters. The van der Waals surface area contributed by atoms with E-state index < -0.39 is 0 Å². The van der Waals surface area contributed by atoms with E-state index in [1.165, 1.54) is 6.07 Å². The van der Waals surface area contributed by atoms with Gasteiger partial charge in [0.05, 0.1) is 0 Å². The third-order valence-electron chi connectivity index (χ3n) is 3.94. The van der Waals surface area contributed by atoms with Gasteiger partial charge in [0.15, 0.2) is 0 Å². The predicted molar refractivity (Wildman–Crippen MR) is 74.2 cm³/mol.